The van der Waals surface area contributed by atoms with Gasteiger partial charge in [-0.05, 0) is 0 Å². The predicted molar refractivity (Wildman–Crippen MR) is 44.4 cm³/mol. The number of hydrogen-bond acceptors (Lipinski definition) is 5. The van der Waals surface area contributed by atoms with Crippen LogP contribution in [-0.2, 0) is 0 Å². The molecule has 4 fully saturated rings. The molecule has 72 valence electrons. The number of nitro groups is 1. The molecule has 6 heteroatoms. The van der Waals surface area contributed by atoms with Gasteiger partial charge in [0.15, 0.2) is 0 Å². The summed E-state index contributed by atoms with van der Waals surface area (Å²) < 4.78 is 0. The van der Waals surface area contributed by atoms with Crippen LogP contribution in [0.25, 0.3) is 0 Å². The van der Waals surface area contributed by atoms with Crippen LogP contribution in [0.2, 0.25) is 0 Å². The summed E-state index contributed by atoms with van der Waals surface area (Å²) in [5.74, 6) is 0. The molecule has 0 radical (unpaired) electrons. The number of rotatable bonds is 1. The van der Waals surface area contributed by atoms with Gasteiger partial charge in [-0.25, -0.2) is 0 Å². The molecule has 4 rings (SSSR count). The molecular formula is C7H12N4O2. The molecule has 4 saturated heterocycles. The van der Waals surface area contributed by atoms with E-state index in [9.17, 15) is 10.1 Å². The Morgan fingerprint density at radius 3 is 1.69 bits per heavy atom. The van der Waals surface area contributed by atoms with Gasteiger partial charge in [-0.3, -0.25) is 24.8 Å². The zero-order chi connectivity index (χ0) is 9.05. The van der Waals surface area contributed by atoms with Gasteiger partial charge in [0, 0.05) is 4.92 Å². The maximum absolute atomic E-state index is 11.0. The Morgan fingerprint density at radius 2 is 1.38 bits per heavy atom. The van der Waals surface area contributed by atoms with E-state index in [-0.39, 0.29) is 4.92 Å². The Labute approximate surface area is 75.8 Å². The second-order valence-electron chi connectivity index (χ2n) is 4.39. The third-order valence-electron chi connectivity index (χ3n) is 3.14. The molecule has 4 heterocycles. The van der Waals surface area contributed by atoms with Crippen molar-refractivity contribution in [2.24, 2.45) is 0 Å². The SMILES string of the molecule is O=[N+]([O-])C12CN3CN(CN(C3)C1)C2. The second kappa shape index (κ2) is 2.20. The topological polar surface area (TPSA) is 52.9 Å². The highest BCUT2D eigenvalue weighted by Gasteiger charge is 2.56. The fourth-order valence-electron chi connectivity index (χ4n) is 2.85. The van der Waals surface area contributed by atoms with Crippen LogP contribution < -0.4 is 0 Å². The van der Waals surface area contributed by atoms with Crippen molar-refractivity contribution < 1.29 is 4.92 Å². The monoisotopic (exact) mass is 184 g/mol. The Morgan fingerprint density at radius 1 is 1.00 bits per heavy atom. The molecule has 0 aromatic heterocycles. The molecule has 0 amide bonds. The average molecular weight is 184 g/mol. The average Bonchev–Trinajstić information content (AvgIpc) is 2.00. The summed E-state index contributed by atoms with van der Waals surface area (Å²) in [7, 11) is 0. The van der Waals surface area contributed by atoms with E-state index in [4.69, 9.17) is 0 Å². The van der Waals surface area contributed by atoms with Gasteiger partial charge in [-0.15, -0.1) is 0 Å². The molecular weight excluding hydrogens is 172 g/mol. The first-order valence-electron chi connectivity index (χ1n) is 4.50. The first-order valence-corrected chi connectivity index (χ1v) is 4.50. The highest BCUT2D eigenvalue weighted by atomic mass is 16.6. The van der Waals surface area contributed by atoms with Gasteiger partial charge >= 0.3 is 0 Å². The molecule has 0 aliphatic carbocycles. The van der Waals surface area contributed by atoms with Gasteiger partial charge < -0.3 is 0 Å². The summed E-state index contributed by atoms with van der Waals surface area (Å²) in [5, 5.41) is 11.0. The van der Waals surface area contributed by atoms with Gasteiger partial charge in [-0.2, -0.15) is 0 Å². The Kier molecular flexibility index (Phi) is 1.30. The minimum atomic E-state index is -0.700. The summed E-state index contributed by atoms with van der Waals surface area (Å²) in [4.78, 5) is 17.3. The molecule has 4 aliphatic rings. The maximum atomic E-state index is 11.0. The highest BCUT2D eigenvalue weighted by Crippen LogP contribution is 2.30. The standard InChI is InChI=1S/C7H12N4O2/c12-11(13)7-1-8-4-9(2-7)6-10(3-7)5-8/h1-6H2. The molecule has 0 saturated carbocycles. The Balaban J connectivity index is 1.95. The van der Waals surface area contributed by atoms with Crippen LogP contribution in [0.3, 0.4) is 0 Å². The van der Waals surface area contributed by atoms with Crippen LogP contribution in [0.5, 0.6) is 0 Å². The van der Waals surface area contributed by atoms with E-state index in [1.807, 2.05) is 0 Å². The van der Waals surface area contributed by atoms with Gasteiger partial charge in [0.25, 0.3) is 5.54 Å². The van der Waals surface area contributed by atoms with Crippen molar-refractivity contribution in [3.05, 3.63) is 10.1 Å². The van der Waals surface area contributed by atoms with Crippen molar-refractivity contribution in [3.63, 3.8) is 0 Å². The number of nitrogens with zero attached hydrogens (tertiary/aromatic N) is 4. The predicted octanol–water partition coefficient (Wildman–Crippen LogP) is -1.18. The van der Waals surface area contributed by atoms with E-state index in [2.05, 4.69) is 14.7 Å². The zero-order valence-electron chi connectivity index (χ0n) is 7.35. The fourth-order valence-corrected chi connectivity index (χ4v) is 2.85. The minimum absolute atomic E-state index is 0.0858. The lowest BCUT2D eigenvalue weighted by atomic mass is 9.92. The summed E-state index contributed by atoms with van der Waals surface area (Å²) in [6.45, 7) is 4.62. The highest BCUT2D eigenvalue weighted by molar-refractivity contribution is 5.00. The van der Waals surface area contributed by atoms with E-state index in [1.54, 1.807) is 0 Å². The van der Waals surface area contributed by atoms with Crippen molar-refractivity contribution in [3.8, 4) is 0 Å². The molecule has 0 aromatic carbocycles. The van der Waals surface area contributed by atoms with Crippen molar-refractivity contribution >= 4 is 0 Å². The van der Waals surface area contributed by atoms with Gasteiger partial charge in [-0.1, -0.05) is 0 Å². The van der Waals surface area contributed by atoms with Crippen LogP contribution in [0, 0.1) is 10.1 Å². The van der Waals surface area contributed by atoms with Gasteiger partial charge in [0.1, 0.15) is 0 Å². The minimum Gasteiger partial charge on any atom is -0.270 e. The van der Waals surface area contributed by atoms with Gasteiger partial charge in [0.05, 0.1) is 39.6 Å². The van der Waals surface area contributed by atoms with Gasteiger partial charge in [0.2, 0.25) is 0 Å². The summed E-state index contributed by atoms with van der Waals surface area (Å²) in [6.07, 6.45) is 0. The first kappa shape index (κ1) is 7.66. The lowest BCUT2D eigenvalue weighted by Gasteiger charge is -2.56. The smallest absolute Gasteiger partial charge is 0.259 e. The maximum Gasteiger partial charge on any atom is 0.259 e. The van der Waals surface area contributed by atoms with E-state index in [0.29, 0.717) is 19.6 Å². The largest absolute Gasteiger partial charge is 0.270 e. The molecule has 0 N–H and O–H groups in total. The van der Waals surface area contributed by atoms with Crippen molar-refractivity contribution in [2.45, 2.75) is 5.54 Å². The molecule has 6 nitrogen and oxygen atoms in total. The lowest BCUT2D eigenvalue weighted by Crippen LogP contribution is -2.77. The third-order valence-corrected chi connectivity index (χ3v) is 3.14. The quantitative estimate of drug-likeness (QED) is 0.379. The summed E-state index contributed by atoms with van der Waals surface area (Å²) in [6, 6.07) is 0. The first-order chi connectivity index (χ1) is 6.18. The van der Waals surface area contributed by atoms with E-state index >= 15 is 0 Å². The van der Waals surface area contributed by atoms with Crippen LogP contribution in [0.4, 0.5) is 0 Å². The molecule has 0 unspecified atom stereocenters. The van der Waals surface area contributed by atoms with Crippen molar-refractivity contribution in [2.75, 3.05) is 39.6 Å². The number of hydrogen-bond donors (Lipinski definition) is 0. The van der Waals surface area contributed by atoms with Crippen LogP contribution in [0.15, 0.2) is 0 Å². The van der Waals surface area contributed by atoms with Crippen molar-refractivity contribution in [1.29, 1.82) is 0 Å². The molecule has 4 aliphatic heterocycles. The van der Waals surface area contributed by atoms with Crippen LogP contribution in [-0.4, -0.2) is 64.8 Å². The van der Waals surface area contributed by atoms with E-state index in [1.165, 1.54) is 0 Å². The molecule has 0 spiro atoms. The zero-order valence-corrected chi connectivity index (χ0v) is 7.35. The normalized spacial score (nSPS) is 52.5. The van der Waals surface area contributed by atoms with Crippen LogP contribution >= 0.6 is 0 Å². The summed E-state index contributed by atoms with van der Waals surface area (Å²) >= 11 is 0. The van der Waals surface area contributed by atoms with E-state index < -0.39 is 5.54 Å². The molecule has 4 bridgehead atoms. The van der Waals surface area contributed by atoms with Crippen LogP contribution in [0.1, 0.15) is 0 Å². The molecule has 13 heavy (non-hydrogen) atoms. The molecule has 0 atom stereocenters. The summed E-state index contributed by atoms with van der Waals surface area (Å²) in [5.41, 5.74) is -0.700. The lowest BCUT2D eigenvalue weighted by molar-refractivity contribution is -0.587. The third kappa shape index (κ3) is 0.932. The fraction of sp³-hybridized carbons (Fsp3) is 1.00. The second-order valence-corrected chi connectivity index (χ2v) is 4.39. The molecule has 0 aromatic rings. The van der Waals surface area contributed by atoms with Crippen molar-refractivity contribution in [1.82, 2.24) is 14.7 Å². The Hall–Kier alpha value is -0.720. The van der Waals surface area contributed by atoms with E-state index in [0.717, 1.165) is 20.0 Å². The Bertz CT molecular complexity index is 232.